The minimum absolute atomic E-state index is 0.00790. The summed E-state index contributed by atoms with van der Waals surface area (Å²) in [5.74, 6) is 0.191. The van der Waals surface area contributed by atoms with Crippen molar-refractivity contribution in [1.82, 2.24) is 4.98 Å². The first kappa shape index (κ1) is 14.1. The van der Waals surface area contributed by atoms with Crippen molar-refractivity contribution in [2.45, 2.75) is 0 Å². The van der Waals surface area contributed by atoms with Gasteiger partial charge in [-0.2, -0.15) is 5.26 Å². The van der Waals surface area contributed by atoms with E-state index >= 15 is 0 Å². The van der Waals surface area contributed by atoms with E-state index < -0.39 is 4.92 Å². The molecule has 0 bridgehead atoms. The van der Waals surface area contributed by atoms with Crippen molar-refractivity contribution in [3.63, 3.8) is 0 Å². The van der Waals surface area contributed by atoms with Crippen molar-refractivity contribution in [2.75, 3.05) is 5.32 Å². The van der Waals surface area contributed by atoms with E-state index in [0.29, 0.717) is 16.3 Å². The first-order valence-corrected chi connectivity index (χ1v) is 6.04. The molecular formula is C12H6Cl2N4O2. The van der Waals surface area contributed by atoms with Gasteiger partial charge in [-0.05, 0) is 18.2 Å². The zero-order chi connectivity index (χ0) is 14.7. The average molecular weight is 309 g/mol. The summed E-state index contributed by atoms with van der Waals surface area (Å²) in [4.78, 5) is 14.1. The summed E-state index contributed by atoms with van der Waals surface area (Å²) in [7, 11) is 0. The third kappa shape index (κ3) is 3.15. The fourth-order valence-electron chi connectivity index (χ4n) is 1.48. The number of rotatable bonds is 3. The Bertz CT molecular complexity index is 728. The fraction of sp³-hybridized carbons (Fsp3) is 0. The molecule has 0 amide bonds. The van der Waals surface area contributed by atoms with Crippen molar-refractivity contribution in [3.05, 3.63) is 56.2 Å². The van der Waals surface area contributed by atoms with Gasteiger partial charge in [-0.3, -0.25) is 10.1 Å². The van der Waals surface area contributed by atoms with Crippen molar-refractivity contribution >= 4 is 40.4 Å². The highest BCUT2D eigenvalue weighted by Gasteiger charge is 2.11. The molecule has 0 aliphatic rings. The smallest absolute Gasteiger partial charge is 0.276 e. The minimum Gasteiger partial charge on any atom is -0.339 e. The molecule has 20 heavy (non-hydrogen) atoms. The number of nitrogens with one attached hydrogen (secondary N) is 1. The molecule has 1 aromatic heterocycles. The van der Waals surface area contributed by atoms with E-state index in [1.807, 2.05) is 6.07 Å². The number of benzene rings is 1. The van der Waals surface area contributed by atoms with E-state index in [9.17, 15) is 10.1 Å². The summed E-state index contributed by atoms with van der Waals surface area (Å²) in [5.41, 5.74) is 0.692. The molecule has 0 fully saturated rings. The second kappa shape index (κ2) is 5.74. The molecule has 1 aromatic carbocycles. The van der Waals surface area contributed by atoms with Gasteiger partial charge < -0.3 is 5.32 Å². The predicted molar refractivity (Wildman–Crippen MR) is 75.4 cm³/mol. The zero-order valence-electron chi connectivity index (χ0n) is 9.80. The zero-order valence-corrected chi connectivity index (χ0v) is 11.3. The van der Waals surface area contributed by atoms with E-state index in [-0.39, 0.29) is 16.7 Å². The molecule has 0 spiro atoms. The van der Waals surface area contributed by atoms with Gasteiger partial charge in [0.1, 0.15) is 11.0 Å². The van der Waals surface area contributed by atoms with Crippen LogP contribution in [0.4, 0.5) is 17.2 Å². The first-order valence-electron chi connectivity index (χ1n) is 5.28. The molecule has 0 aliphatic heterocycles. The van der Waals surface area contributed by atoms with E-state index in [1.54, 1.807) is 12.1 Å². The maximum atomic E-state index is 10.7. The highest BCUT2D eigenvalue weighted by molar-refractivity contribution is 6.33. The van der Waals surface area contributed by atoms with E-state index in [1.165, 1.54) is 12.1 Å². The van der Waals surface area contributed by atoms with Crippen LogP contribution in [0.2, 0.25) is 10.2 Å². The number of nitro groups is 1. The van der Waals surface area contributed by atoms with Gasteiger partial charge >= 0.3 is 0 Å². The van der Waals surface area contributed by atoms with Gasteiger partial charge in [0.2, 0.25) is 0 Å². The second-order valence-corrected chi connectivity index (χ2v) is 4.52. The van der Waals surface area contributed by atoms with Gasteiger partial charge in [-0.25, -0.2) is 4.98 Å². The predicted octanol–water partition coefficient (Wildman–Crippen LogP) is 3.91. The highest BCUT2D eigenvalue weighted by atomic mass is 35.5. The van der Waals surface area contributed by atoms with E-state index in [0.717, 1.165) is 6.07 Å². The van der Waals surface area contributed by atoms with Crippen LogP contribution < -0.4 is 5.32 Å². The molecule has 0 unspecified atom stereocenters. The Hall–Kier alpha value is -2.36. The number of nitriles is 1. The SMILES string of the molecule is N#Cc1ccc(Nc2cc([N+](=O)[O-])cc(Cl)n2)c(Cl)c1. The lowest BCUT2D eigenvalue weighted by Gasteiger charge is -2.08. The number of halogens is 2. The second-order valence-electron chi connectivity index (χ2n) is 3.72. The van der Waals surface area contributed by atoms with Crippen LogP contribution in [0.3, 0.4) is 0 Å². The molecule has 0 saturated heterocycles. The van der Waals surface area contributed by atoms with Crippen molar-refractivity contribution in [3.8, 4) is 6.07 Å². The van der Waals surface area contributed by atoms with Crippen molar-refractivity contribution in [1.29, 1.82) is 5.26 Å². The molecule has 6 nitrogen and oxygen atoms in total. The number of pyridine rings is 1. The Morgan fingerprint density at radius 1 is 1.30 bits per heavy atom. The van der Waals surface area contributed by atoms with Gasteiger partial charge in [0, 0.05) is 0 Å². The van der Waals surface area contributed by atoms with Crippen LogP contribution in [0.25, 0.3) is 0 Å². The topological polar surface area (TPSA) is 91.8 Å². The van der Waals surface area contributed by atoms with E-state index in [4.69, 9.17) is 28.5 Å². The standard InChI is InChI=1S/C12H6Cl2N4O2/c13-9-3-7(6-15)1-2-10(9)16-12-5-8(18(19)20)4-11(14)17-12/h1-5H,(H,16,17). The minimum atomic E-state index is -0.570. The molecule has 0 aliphatic carbocycles. The number of nitrogens with zero attached hydrogens (tertiary/aromatic N) is 3. The molecule has 0 radical (unpaired) electrons. The van der Waals surface area contributed by atoms with Crippen LogP contribution in [-0.4, -0.2) is 9.91 Å². The lowest BCUT2D eigenvalue weighted by Crippen LogP contribution is -1.97. The van der Waals surface area contributed by atoms with Gasteiger partial charge in [0.05, 0.1) is 39.4 Å². The Labute approximate surface area is 123 Å². The third-order valence-corrected chi connectivity index (χ3v) is 2.86. The summed E-state index contributed by atoms with van der Waals surface area (Å²) in [5, 5.41) is 22.6. The Morgan fingerprint density at radius 3 is 2.65 bits per heavy atom. The van der Waals surface area contributed by atoms with Crippen LogP contribution in [0.5, 0.6) is 0 Å². The number of aromatic nitrogens is 1. The Balaban J connectivity index is 2.35. The molecule has 1 N–H and O–H groups in total. The molecule has 2 aromatic rings. The van der Waals surface area contributed by atoms with Crippen molar-refractivity contribution in [2.24, 2.45) is 0 Å². The molecular weight excluding hydrogens is 303 g/mol. The third-order valence-electron chi connectivity index (χ3n) is 2.35. The van der Waals surface area contributed by atoms with Crippen LogP contribution in [0, 0.1) is 21.4 Å². The van der Waals surface area contributed by atoms with Gasteiger partial charge in [0.15, 0.2) is 0 Å². The summed E-state index contributed by atoms with van der Waals surface area (Å²) in [6.45, 7) is 0. The van der Waals surface area contributed by atoms with Crippen LogP contribution in [-0.2, 0) is 0 Å². The van der Waals surface area contributed by atoms with E-state index in [2.05, 4.69) is 10.3 Å². The monoisotopic (exact) mass is 308 g/mol. The summed E-state index contributed by atoms with van der Waals surface area (Å²) < 4.78 is 0. The quantitative estimate of drug-likeness (QED) is 0.527. The van der Waals surface area contributed by atoms with Crippen molar-refractivity contribution < 1.29 is 4.92 Å². The number of anilines is 2. The van der Waals surface area contributed by atoms with Gasteiger partial charge in [-0.15, -0.1) is 0 Å². The summed E-state index contributed by atoms with van der Waals surface area (Å²) >= 11 is 11.7. The Morgan fingerprint density at radius 2 is 2.05 bits per heavy atom. The van der Waals surface area contributed by atoms with Crippen LogP contribution >= 0.6 is 23.2 Å². The lowest BCUT2D eigenvalue weighted by molar-refractivity contribution is -0.384. The summed E-state index contributed by atoms with van der Waals surface area (Å²) in [6.07, 6.45) is 0. The normalized spacial score (nSPS) is 9.85. The molecule has 8 heteroatoms. The van der Waals surface area contributed by atoms with Gasteiger partial charge in [-0.1, -0.05) is 23.2 Å². The maximum Gasteiger partial charge on any atom is 0.276 e. The lowest BCUT2D eigenvalue weighted by atomic mass is 10.2. The Kier molecular flexibility index (Phi) is 4.03. The fourth-order valence-corrected chi connectivity index (χ4v) is 1.91. The average Bonchev–Trinajstić information content (AvgIpc) is 2.40. The molecule has 0 atom stereocenters. The molecule has 1 heterocycles. The molecule has 0 saturated carbocycles. The van der Waals surface area contributed by atoms with Gasteiger partial charge in [0.25, 0.3) is 5.69 Å². The highest BCUT2D eigenvalue weighted by Crippen LogP contribution is 2.28. The molecule has 2 rings (SSSR count). The number of hydrogen-bond donors (Lipinski definition) is 1. The first-order chi connectivity index (χ1) is 9.49. The van der Waals surface area contributed by atoms with Crippen LogP contribution in [0.1, 0.15) is 5.56 Å². The van der Waals surface area contributed by atoms with Crippen LogP contribution in [0.15, 0.2) is 30.3 Å². The molecule has 100 valence electrons. The largest absolute Gasteiger partial charge is 0.339 e. The maximum absolute atomic E-state index is 10.7. The number of hydrogen-bond acceptors (Lipinski definition) is 5. The summed E-state index contributed by atoms with van der Waals surface area (Å²) in [6, 6.07) is 8.95.